The number of hydrogen-bond donors (Lipinski definition) is 2. The number of amides is 4. The summed E-state index contributed by atoms with van der Waals surface area (Å²) in [6, 6.07) is 14.4. The highest BCUT2D eigenvalue weighted by atomic mass is 35.5. The van der Waals surface area contributed by atoms with Crippen LogP contribution in [0.4, 0.5) is 0 Å². The Morgan fingerprint density at radius 3 is 1.48 bits per heavy atom. The first-order chi connectivity index (χ1) is 20.1. The second kappa shape index (κ2) is 15.1. The number of carbonyl (C=O) groups excluding carboxylic acids is 4. The van der Waals surface area contributed by atoms with Crippen molar-refractivity contribution in [2.24, 2.45) is 0 Å². The van der Waals surface area contributed by atoms with Gasteiger partial charge in [0.05, 0.1) is 9.81 Å². The molecule has 0 unspecified atom stereocenters. The molecule has 0 atom stereocenters. The van der Waals surface area contributed by atoms with E-state index in [0.717, 1.165) is 11.1 Å². The summed E-state index contributed by atoms with van der Waals surface area (Å²) in [4.78, 5) is 53.8. The van der Waals surface area contributed by atoms with Crippen LogP contribution in [-0.2, 0) is 19.2 Å². The Morgan fingerprint density at radius 1 is 0.714 bits per heavy atom. The van der Waals surface area contributed by atoms with Gasteiger partial charge in [-0.1, -0.05) is 108 Å². The maximum absolute atomic E-state index is 12.8. The summed E-state index contributed by atoms with van der Waals surface area (Å²) in [5.41, 5.74) is 6.19. The van der Waals surface area contributed by atoms with Crippen LogP contribution >= 0.6 is 71.2 Å². The molecule has 2 fully saturated rings. The highest BCUT2D eigenvalue weighted by Crippen LogP contribution is 2.35. The van der Waals surface area contributed by atoms with Gasteiger partial charge in [-0.05, 0) is 48.3 Å². The monoisotopic (exact) mass is 678 g/mol. The molecule has 2 aromatic rings. The van der Waals surface area contributed by atoms with Crippen molar-refractivity contribution in [3.05, 3.63) is 79.5 Å². The number of thiocarbonyl (C=S) groups is 2. The minimum absolute atomic E-state index is 0.0786. The summed E-state index contributed by atoms with van der Waals surface area (Å²) in [6.45, 7) is 0.529. The first kappa shape index (κ1) is 32.2. The Kier molecular flexibility index (Phi) is 11.6. The lowest BCUT2D eigenvalue weighted by Crippen LogP contribution is -2.42. The van der Waals surface area contributed by atoms with Crippen molar-refractivity contribution in [2.75, 3.05) is 13.1 Å². The molecule has 4 rings (SSSR count). The van der Waals surface area contributed by atoms with E-state index in [1.165, 1.54) is 33.3 Å². The van der Waals surface area contributed by atoms with E-state index in [1.54, 1.807) is 24.3 Å². The standard InChI is InChI=1S/C28H24Cl2N4O4S4/c29-19-9-3-1-7-17(19)15-21-25(37)33(27(39)41-21)13-5-11-23(35)31-32-24(36)12-6-14-34-26(38)22(42-28(34)40)16-18-8-2-4-10-20(18)30/h1-4,7-10,15-16H,5-6,11-14H2,(H,31,35)(H,32,36)/b21-15+,22-16+. The van der Waals surface area contributed by atoms with Crippen LogP contribution in [0.5, 0.6) is 0 Å². The normalized spacial score (nSPS) is 17.1. The third-order valence-corrected chi connectivity index (χ3v) is 9.49. The van der Waals surface area contributed by atoms with E-state index in [-0.39, 0.29) is 37.7 Å². The summed E-state index contributed by atoms with van der Waals surface area (Å²) in [5, 5.41) is 1.06. The molecule has 2 N–H and O–H groups in total. The molecule has 2 aliphatic heterocycles. The van der Waals surface area contributed by atoms with Gasteiger partial charge in [-0.2, -0.15) is 0 Å². The van der Waals surface area contributed by atoms with E-state index in [1.807, 2.05) is 36.4 Å². The topological polar surface area (TPSA) is 98.8 Å². The molecule has 218 valence electrons. The highest BCUT2D eigenvalue weighted by molar-refractivity contribution is 8.27. The van der Waals surface area contributed by atoms with Gasteiger partial charge in [0.25, 0.3) is 11.8 Å². The first-order valence-corrected chi connectivity index (χ1v) is 15.9. The van der Waals surface area contributed by atoms with Crippen LogP contribution in [0.15, 0.2) is 58.3 Å². The van der Waals surface area contributed by atoms with Crippen LogP contribution in [0.2, 0.25) is 10.0 Å². The highest BCUT2D eigenvalue weighted by Gasteiger charge is 2.33. The molecule has 2 saturated heterocycles. The van der Waals surface area contributed by atoms with Crippen LogP contribution in [-0.4, -0.2) is 55.2 Å². The van der Waals surface area contributed by atoms with E-state index in [9.17, 15) is 19.2 Å². The molecule has 0 radical (unpaired) electrons. The number of hydrazine groups is 1. The number of halogens is 2. The molecule has 4 amide bonds. The number of hydrogen-bond acceptors (Lipinski definition) is 8. The molecule has 0 saturated carbocycles. The fourth-order valence-corrected chi connectivity index (χ4v) is 6.89. The molecule has 2 heterocycles. The van der Waals surface area contributed by atoms with Crippen molar-refractivity contribution in [1.29, 1.82) is 0 Å². The average Bonchev–Trinajstić information content (AvgIpc) is 3.38. The molecule has 2 aliphatic rings. The van der Waals surface area contributed by atoms with Gasteiger partial charge in [-0.3, -0.25) is 39.8 Å². The molecular weight excluding hydrogens is 656 g/mol. The van der Waals surface area contributed by atoms with Crippen LogP contribution < -0.4 is 10.9 Å². The minimum Gasteiger partial charge on any atom is -0.293 e. The van der Waals surface area contributed by atoms with Gasteiger partial charge in [0, 0.05) is 36.0 Å². The second-order valence-corrected chi connectivity index (χ2v) is 13.2. The third kappa shape index (κ3) is 8.42. The zero-order valence-electron chi connectivity index (χ0n) is 21.9. The Morgan fingerprint density at radius 2 is 1.10 bits per heavy atom. The zero-order valence-corrected chi connectivity index (χ0v) is 26.7. The molecule has 0 spiro atoms. The van der Waals surface area contributed by atoms with E-state index < -0.39 is 11.8 Å². The SMILES string of the molecule is O=C(CCCN1C(=O)/C(=C\c2ccccc2Cl)SC1=S)NNC(=O)CCCN1C(=O)/C(=C\c2ccccc2Cl)SC1=S. The smallest absolute Gasteiger partial charge is 0.266 e. The van der Waals surface area contributed by atoms with Gasteiger partial charge >= 0.3 is 0 Å². The Hall–Kier alpha value is -2.74. The molecule has 0 bridgehead atoms. The Labute approximate surface area is 272 Å². The molecule has 2 aromatic carbocycles. The number of benzene rings is 2. The van der Waals surface area contributed by atoms with Gasteiger partial charge in [-0.25, -0.2) is 0 Å². The van der Waals surface area contributed by atoms with Crippen LogP contribution in [0.1, 0.15) is 36.8 Å². The molecular formula is C28H24Cl2N4O4S4. The fourth-order valence-electron chi connectivity index (χ4n) is 3.91. The number of nitrogens with one attached hydrogen (secondary N) is 2. The molecule has 8 nitrogen and oxygen atoms in total. The summed E-state index contributed by atoms with van der Waals surface area (Å²) >= 11 is 25.4. The van der Waals surface area contributed by atoms with Crippen molar-refractivity contribution in [2.45, 2.75) is 25.7 Å². The maximum atomic E-state index is 12.8. The van der Waals surface area contributed by atoms with Crippen LogP contribution in [0.25, 0.3) is 12.2 Å². The molecule has 42 heavy (non-hydrogen) atoms. The zero-order chi connectivity index (χ0) is 30.2. The van der Waals surface area contributed by atoms with Crippen molar-refractivity contribution in [3.8, 4) is 0 Å². The molecule has 14 heteroatoms. The summed E-state index contributed by atoms with van der Waals surface area (Å²) in [7, 11) is 0. The summed E-state index contributed by atoms with van der Waals surface area (Å²) in [6.07, 6.45) is 4.26. The predicted molar refractivity (Wildman–Crippen MR) is 177 cm³/mol. The maximum Gasteiger partial charge on any atom is 0.266 e. The number of carbonyl (C=O) groups is 4. The van der Waals surface area contributed by atoms with Gasteiger partial charge in [0.1, 0.15) is 8.64 Å². The van der Waals surface area contributed by atoms with E-state index in [0.29, 0.717) is 41.3 Å². The van der Waals surface area contributed by atoms with Crippen LogP contribution in [0.3, 0.4) is 0 Å². The lowest BCUT2D eigenvalue weighted by atomic mass is 10.2. The first-order valence-electron chi connectivity index (χ1n) is 12.7. The van der Waals surface area contributed by atoms with E-state index in [2.05, 4.69) is 10.9 Å². The minimum atomic E-state index is -0.401. The summed E-state index contributed by atoms with van der Waals surface area (Å²) < 4.78 is 0.820. The Balaban J connectivity index is 1.15. The van der Waals surface area contributed by atoms with Gasteiger partial charge in [-0.15, -0.1) is 0 Å². The van der Waals surface area contributed by atoms with Crippen LogP contribution in [0, 0.1) is 0 Å². The second-order valence-electron chi connectivity index (χ2n) is 9.01. The number of nitrogens with zero attached hydrogens (tertiary/aromatic N) is 2. The predicted octanol–water partition coefficient (Wildman–Crippen LogP) is 5.80. The quantitative estimate of drug-likeness (QED) is 0.185. The van der Waals surface area contributed by atoms with Crippen molar-refractivity contribution in [3.63, 3.8) is 0 Å². The van der Waals surface area contributed by atoms with Gasteiger partial charge in [0.2, 0.25) is 11.8 Å². The van der Waals surface area contributed by atoms with E-state index in [4.69, 9.17) is 47.6 Å². The number of rotatable bonds is 10. The fraction of sp³-hybridized carbons (Fsp3) is 0.214. The van der Waals surface area contributed by atoms with Gasteiger partial charge in [0.15, 0.2) is 0 Å². The van der Waals surface area contributed by atoms with Gasteiger partial charge < -0.3 is 0 Å². The van der Waals surface area contributed by atoms with E-state index >= 15 is 0 Å². The lowest BCUT2D eigenvalue weighted by molar-refractivity contribution is -0.129. The summed E-state index contributed by atoms with van der Waals surface area (Å²) in [5.74, 6) is -1.27. The van der Waals surface area contributed by atoms with Crippen molar-refractivity contribution >= 4 is 116 Å². The Bertz CT molecular complexity index is 1400. The third-order valence-electron chi connectivity index (χ3n) is 6.04. The van der Waals surface area contributed by atoms with Crippen molar-refractivity contribution < 1.29 is 19.2 Å². The average molecular weight is 680 g/mol. The van der Waals surface area contributed by atoms with Crippen molar-refractivity contribution in [1.82, 2.24) is 20.7 Å². The number of thioether (sulfide) groups is 2. The lowest BCUT2D eigenvalue weighted by Gasteiger charge is -2.15. The molecule has 0 aromatic heterocycles. The largest absolute Gasteiger partial charge is 0.293 e. The molecule has 0 aliphatic carbocycles.